The minimum absolute atomic E-state index is 0.00435. The first-order valence-electron chi connectivity index (χ1n) is 6.33. The molecule has 0 aromatic carbocycles. The van der Waals surface area contributed by atoms with Gasteiger partial charge >= 0.3 is 5.97 Å². The number of halogens is 1. The van der Waals surface area contributed by atoms with Crippen molar-refractivity contribution < 1.29 is 14.3 Å². The highest BCUT2D eigenvalue weighted by atomic mass is 79.9. The second-order valence-corrected chi connectivity index (χ2v) is 6.91. The molecule has 6 heteroatoms. The van der Waals surface area contributed by atoms with E-state index < -0.39 is 0 Å². The summed E-state index contributed by atoms with van der Waals surface area (Å²) >= 11 is 4.77. The van der Waals surface area contributed by atoms with E-state index in [-0.39, 0.29) is 17.8 Å². The largest absolute Gasteiger partial charge is 0.466 e. The molecular formula is C13H16BrNO3S. The number of rotatable bonds is 3. The molecule has 1 saturated heterocycles. The monoisotopic (exact) mass is 345 g/mol. The molecule has 1 aliphatic heterocycles. The molecule has 1 fully saturated rings. The molecular weight excluding hydrogens is 330 g/mol. The van der Waals surface area contributed by atoms with Gasteiger partial charge < -0.3 is 9.64 Å². The van der Waals surface area contributed by atoms with Crippen LogP contribution in [0.4, 0.5) is 0 Å². The Morgan fingerprint density at radius 1 is 1.53 bits per heavy atom. The number of ether oxygens (including phenoxy) is 1. The van der Waals surface area contributed by atoms with Crippen molar-refractivity contribution >= 4 is 39.1 Å². The number of nitrogens with zero attached hydrogens (tertiary/aromatic N) is 1. The van der Waals surface area contributed by atoms with Gasteiger partial charge in [-0.25, -0.2) is 0 Å². The predicted molar refractivity (Wildman–Crippen MR) is 77.3 cm³/mol. The van der Waals surface area contributed by atoms with Crippen molar-refractivity contribution in [2.45, 2.75) is 19.8 Å². The Morgan fingerprint density at radius 2 is 2.32 bits per heavy atom. The average molecular weight is 346 g/mol. The van der Waals surface area contributed by atoms with E-state index in [9.17, 15) is 9.59 Å². The fraction of sp³-hybridized carbons (Fsp3) is 0.538. The van der Waals surface area contributed by atoms with Gasteiger partial charge in [-0.05, 0) is 47.8 Å². The normalized spacial score (nSPS) is 19.3. The Hall–Kier alpha value is -0.880. The van der Waals surface area contributed by atoms with Gasteiger partial charge in [-0.15, -0.1) is 11.3 Å². The minimum Gasteiger partial charge on any atom is -0.466 e. The van der Waals surface area contributed by atoms with Crippen LogP contribution in [0.15, 0.2) is 15.9 Å². The van der Waals surface area contributed by atoms with Gasteiger partial charge in [-0.2, -0.15) is 0 Å². The van der Waals surface area contributed by atoms with Gasteiger partial charge in [-0.3, -0.25) is 9.59 Å². The molecule has 2 rings (SSSR count). The van der Waals surface area contributed by atoms with Crippen molar-refractivity contribution in [3.8, 4) is 0 Å². The molecule has 1 unspecified atom stereocenters. The van der Waals surface area contributed by atoms with Crippen molar-refractivity contribution in [1.29, 1.82) is 0 Å². The standard InChI is InChI=1S/C13H16BrNO3S/c1-2-18-13(17)9-4-3-7-15(8-9)12(16)10-5-6-11(14)19-10/h5-6,9H,2-4,7-8H2,1H3. The first-order valence-corrected chi connectivity index (χ1v) is 7.94. The Labute approximate surface area is 124 Å². The lowest BCUT2D eigenvalue weighted by atomic mass is 9.98. The number of likely N-dealkylation sites (tertiary alicyclic amines) is 1. The molecule has 0 N–H and O–H groups in total. The number of carbonyl (C=O) groups excluding carboxylic acids is 2. The SMILES string of the molecule is CCOC(=O)C1CCCN(C(=O)c2ccc(Br)s2)C1. The number of thiophene rings is 1. The van der Waals surface area contributed by atoms with E-state index in [4.69, 9.17) is 4.74 Å². The highest BCUT2D eigenvalue weighted by Crippen LogP contribution is 2.25. The van der Waals surface area contributed by atoms with Crippen molar-refractivity contribution in [1.82, 2.24) is 4.90 Å². The highest BCUT2D eigenvalue weighted by molar-refractivity contribution is 9.11. The maximum Gasteiger partial charge on any atom is 0.310 e. The van der Waals surface area contributed by atoms with Gasteiger partial charge in [0.2, 0.25) is 0 Å². The van der Waals surface area contributed by atoms with Crippen molar-refractivity contribution in [3.63, 3.8) is 0 Å². The Morgan fingerprint density at radius 3 is 2.95 bits per heavy atom. The number of hydrogen-bond acceptors (Lipinski definition) is 4. The second-order valence-electron chi connectivity index (χ2n) is 4.45. The summed E-state index contributed by atoms with van der Waals surface area (Å²) in [6.45, 7) is 3.37. The maximum absolute atomic E-state index is 12.3. The van der Waals surface area contributed by atoms with Crippen LogP contribution in [-0.2, 0) is 9.53 Å². The summed E-state index contributed by atoms with van der Waals surface area (Å²) in [6.07, 6.45) is 1.65. The highest BCUT2D eigenvalue weighted by Gasteiger charge is 2.30. The number of amides is 1. The molecule has 1 aliphatic rings. The molecule has 1 amide bonds. The van der Waals surface area contributed by atoms with E-state index in [1.54, 1.807) is 11.8 Å². The zero-order valence-electron chi connectivity index (χ0n) is 10.7. The summed E-state index contributed by atoms with van der Waals surface area (Å²) in [5.74, 6) is -0.363. The van der Waals surface area contributed by atoms with Crippen molar-refractivity contribution in [2.75, 3.05) is 19.7 Å². The van der Waals surface area contributed by atoms with E-state index in [0.717, 1.165) is 16.6 Å². The number of esters is 1. The van der Waals surface area contributed by atoms with Gasteiger partial charge in [-0.1, -0.05) is 0 Å². The van der Waals surface area contributed by atoms with Crippen LogP contribution in [-0.4, -0.2) is 36.5 Å². The molecule has 0 bridgehead atoms. The molecule has 1 aromatic heterocycles. The maximum atomic E-state index is 12.3. The van der Waals surface area contributed by atoms with Crippen LogP contribution in [0.1, 0.15) is 29.4 Å². The van der Waals surface area contributed by atoms with E-state index >= 15 is 0 Å². The van der Waals surface area contributed by atoms with Crippen molar-refractivity contribution in [3.05, 3.63) is 20.8 Å². The van der Waals surface area contributed by atoms with Crippen molar-refractivity contribution in [2.24, 2.45) is 5.92 Å². The third-order valence-electron chi connectivity index (χ3n) is 3.11. The smallest absolute Gasteiger partial charge is 0.310 e. The third kappa shape index (κ3) is 3.57. The van der Waals surface area contributed by atoms with E-state index in [2.05, 4.69) is 15.9 Å². The lowest BCUT2D eigenvalue weighted by Gasteiger charge is -2.31. The van der Waals surface area contributed by atoms with E-state index in [1.807, 2.05) is 12.1 Å². The second kappa shape index (κ2) is 6.52. The van der Waals surface area contributed by atoms with Crippen LogP contribution in [0.2, 0.25) is 0 Å². The van der Waals surface area contributed by atoms with Gasteiger partial charge in [0, 0.05) is 13.1 Å². The lowest BCUT2D eigenvalue weighted by Crippen LogP contribution is -2.42. The first kappa shape index (κ1) is 14.5. The van der Waals surface area contributed by atoms with Gasteiger partial charge in [0.15, 0.2) is 0 Å². The van der Waals surface area contributed by atoms with Crippen LogP contribution < -0.4 is 0 Å². The molecule has 0 aliphatic carbocycles. The van der Waals surface area contributed by atoms with Crippen LogP contribution >= 0.6 is 27.3 Å². The summed E-state index contributed by atoms with van der Waals surface area (Å²) in [6, 6.07) is 3.68. The Balaban J connectivity index is 2.01. The quantitative estimate of drug-likeness (QED) is 0.791. The fourth-order valence-corrected chi connectivity index (χ4v) is 3.55. The van der Waals surface area contributed by atoms with Crippen LogP contribution in [0.3, 0.4) is 0 Å². The fourth-order valence-electron chi connectivity index (χ4n) is 2.20. The Kier molecular flexibility index (Phi) is 4.99. The third-order valence-corrected chi connectivity index (χ3v) is 4.72. The van der Waals surface area contributed by atoms with Gasteiger partial charge in [0.1, 0.15) is 0 Å². The summed E-state index contributed by atoms with van der Waals surface area (Å²) in [4.78, 5) is 26.5. The number of hydrogen-bond donors (Lipinski definition) is 0. The molecule has 0 radical (unpaired) electrons. The van der Waals surface area contributed by atoms with Gasteiger partial charge in [0.25, 0.3) is 5.91 Å². The van der Waals surface area contributed by atoms with Crippen LogP contribution in [0.5, 0.6) is 0 Å². The topological polar surface area (TPSA) is 46.6 Å². The minimum atomic E-state index is -0.188. The van der Waals surface area contributed by atoms with Crippen LogP contribution in [0, 0.1) is 5.92 Å². The zero-order chi connectivity index (χ0) is 13.8. The van der Waals surface area contributed by atoms with Crippen LogP contribution in [0.25, 0.3) is 0 Å². The molecule has 2 heterocycles. The number of piperidine rings is 1. The van der Waals surface area contributed by atoms with Gasteiger partial charge in [0.05, 0.1) is 21.2 Å². The summed E-state index contributed by atoms with van der Waals surface area (Å²) < 4.78 is 5.98. The Bertz CT molecular complexity index is 474. The average Bonchev–Trinajstić information content (AvgIpc) is 2.85. The summed E-state index contributed by atoms with van der Waals surface area (Å²) in [7, 11) is 0. The molecule has 0 spiro atoms. The molecule has 19 heavy (non-hydrogen) atoms. The summed E-state index contributed by atoms with van der Waals surface area (Å²) in [5.41, 5.74) is 0. The first-order chi connectivity index (χ1) is 9.11. The zero-order valence-corrected chi connectivity index (χ0v) is 13.1. The lowest BCUT2D eigenvalue weighted by molar-refractivity contribution is -0.149. The summed E-state index contributed by atoms with van der Waals surface area (Å²) in [5, 5.41) is 0. The number of carbonyl (C=O) groups is 2. The molecule has 1 atom stereocenters. The molecule has 1 aromatic rings. The van der Waals surface area contributed by atoms with E-state index in [0.29, 0.717) is 24.6 Å². The molecule has 4 nitrogen and oxygen atoms in total. The predicted octanol–water partition coefficient (Wildman–Crippen LogP) is 2.93. The molecule has 104 valence electrons. The molecule has 0 saturated carbocycles. The van der Waals surface area contributed by atoms with E-state index in [1.165, 1.54) is 11.3 Å².